The second-order valence-corrected chi connectivity index (χ2v) is 9.61. The van der Waals surface area contributed by atoms with Gasteiger partial charge in [0, 0.05) is 42.1 Å². The van der Waals surface area contributed by atoms with E-state index in [9.17, 15) is 0 Å². The van der Waals surface area contributed by atoms with E-state index in [-0.39, 0.29) is 17.1 Å². The minimum Gasteiger partial charge on any atom is -0.497 e. The van der Waals surface area contributed by atoms with E-state index in [0.717, 1.165) is 35.4 Å². The molecule has 0 amide bonds. The molecule has 1 aromatic carbocycles. The molecule has 148 valence electrons. The van der Waals surface area contributed by atoms with Gasteiger partial charge in [0.2, 0.25) is 0 Å². The third-order valence-electron chi connectivity index (χ3n) is 5.42. The highest BCUT2D eigenvalue weighted by atomic mass is 16.5. The van der Waals surface area contributed by atoms with Crippen LogP contribution in [0.1, 0.15) is 48.0 Å². The molecule has 27 heavy (non-hydrogen) atoms. The Labute approximate surface area is 162 Å². The second kappa shape index (κ2) is 6.86. The summed E-state index contributed by atoms with van der Waals surface area (Å²) in [5.74, 6) is 2.02. The molecule has 0 aliphatic carbocycles. The molecule has 1 aromatic heterocycles. The number of ether oxygens (including phenoxy) is 2. The van der Waals surface area contributed by atoms with Gasteiger partial charge < -0.3 is 15.2 Å². The lowest BCUT2D eigenvalue weighted by Crippen LogP contribution is -2.49. The highest BCUT2D eigenvalue weighted by molar-refractivity contribution is 5.87. The normalized spacial score (nSPS) is 21.6. The largest absolute Gasteiger partial charge is 0.497 e. The van der Waals surface area contributed by atoms with Gasteiger partial charge in [0.15, 0.2) is 0 Å². The standard InChI is InChI=1S/C22H33N3O2/c1-21(2,3)19-11-15(13-25(19)22(4,5)6)27-18-12-20(23)24-17-10-14(26-7)8-9-16(17)18/h8-10,12,15,19H,11,13H2,1-7H3,(H2,23,24). The van der Waals surface area contributed by atoms with Crippen LogP contribution >= 0.6 is 0 Å². The van der Waals surface area contributed by atoms with Crippen LogP contribution in [-0.4, -0.2) is 41.2 Å². The van der Waals surface area contributed by atoms with E-state index in [4.69, 9.17) is 15.2 Å². The molecule has 1 aliphatic rings. The number of pyridine rings is 1. The third kappa shape index (κ3) is 4.13. The summed E-state index contributed by atoms with van der Waals surface area (Å²) in [6, 6.07) is 8.12. The highest BCUT2D eigenvalue weighted by Crippen LogP contribution is 2.39. The molecule has 2 N–H and O–H groups in total. The molecule has 5 nitrogen and oxygen atoms in total. The SMILES string of the molecule is COc1ccc2c(OC3CC(C(C)(C)C)N(C(C)(C)C)C3)cc(N)nc2c1. The van der Waals surface area contributed by atoms with E-state index in [1.165, 1.54) is 0 Å². The Balaban J connectivity index is 1.91. The first-order valence-electron chi connectivity index (χ1n) is 9.66. The fraction of sp³-hybridized carbons (Fsp3) is 0.591. The summed E-state index contributed by atoms with van der Waals surface area (Å²) in [6.07, 6.45) is 1.13. The number of hydrogen-bond donors (Lipinski definition) is 1. The number of likely N-dealkylation sites (tertiary alicyclic amines) is 1. The van der Waals surface area contributed by atoms with Crippen molar-refractivity contribution in [3.05, 3.63) is 24.3 Å². The maximum absolute atomic E-state index is 6.49. The molecule has 0 radical (unpaired) electrons. The smallest absolute Gasteiger partial charge is 0.132 e. The van der Waals surface area contributed by atoms with Gasteiger partial charge in [-0.15, -0.1) is 0 Å². The molecule has 1 fully saturated rings. The zero-order valence-electron chi connectivity index (χ0n) is 17.7. The quantitative estimate of drug-likeness (QED) is 0.861. The zero-order valence-corrected chi connectivity index (χ0v) is 17.7. The molecule has 2 heterocycles. The number of benzene rings is 1. The average Bonchev–Trinajstić information content (AvgIpc) is 2.98. The molecule has 2 unspecified atom stereocenters. The summed E-state index contributed by atoms with van der Waals surface area (Å²) >= 11 is 0. The van der Waals surface area contributed by atoms with Crippen LogP contribution in [-0.2, 0) is 0 Å². The van der Waals surface area contributed by atoms with Gasteiger partial charge in [0.1, 0.15) is 23.4 Å². The minimum absolute atomic E-state index is 0.1000. The van der Waals surface area contributed by atoms with Crippen molar-refractivity contribution in [2.24, 2.45) is 5.41 Å². The average molecular weight is 372 g/mol. The Morgan fingerprint density at radius 3 is 2.37 bits per heavy atom. The van der Waals surface area contributed by atoms with Crippen LogP contribution in [0.3, 0.4) is 0 Å². The van der Waals surface area contributed by atoms with Gasteiger partial charge in [-0.1, -0.05) is 20.8 Å². The summed E-state index contributed by atoms with van der Waals surface area (Å²) in [5, 5.41) is 0.964. The fourth-order valence-electron chi connectivity index (χ4n) is 4.05. The zero-order chi connectivity index (χ0) is 20.0. The Kier molecular flexibility index (Phi) is 5.02. The summed E-state index contributed by atoms with van der Waals surface area (Å²) in [5.41, 5.74) is 7.13. The molecular formula is C22H33N3O2. The lowest BCUT2D eigenvalue weighted by molar-refractivity contribution is 0.0559. The van der Waals surface area contributed by atoms with Crippen LogP contribution in [0.2, 0.25) is 0 Å². The third-order valence-corrected chi connectivity index (χ3v) is 5.42. The Bertz CT molecular complexity index is 799. The number of methoxy groups -OCH3 is 1. The van der Waals surface area contributed by atoms with Crippen LogP contribution in [0.5, 0.6) is 11.5 Å². The Morgan fingerprint density at radius 2 is 1.81 bits per heavy atom. The van der Waals surface area contributed by atoms with Crippen molar-refractivity contribution in [1.82, 2.24) is 9.88 Å². The topological polar surface area (TPSA) is 60.6 Å². The molecule has 0 bridgehead atoms. The predicted octanol–water partition coefficient (Wildman–Crippen LogP) is 4.49. The Hall–Kier alpha value is -2.01. The van der Waals surface area contributed by atoms with Crippen molar-refractivity contribution in [2.75, 3.05) is 19.4 Å². The maximum atomic E-state index is 6.49. The molecular weight excluding hydrogens is 338 g/mol. The summed E-state index contributed by atoms with van der Waals surface area (Å²) in [6.45, 7) is 14.7. The van der Waals surface area contributed by atoms with Crippen LogP contribution < -0.4 is 15.2 Å². The van der Waals surface area contributed by atoms with Crippen LogP contribution in [0.4, 0.5) is 5.82 Å². The van der Waals surface area contributed by atoms with E-state index >= 15 is 0 Å². The van der Waals surface area contributed by atoms with Crippen LogP contribution in [0.25, 0.3) is 10.9 Å². The summed E-state index contributed by atoms with van der Waals surface area (Å²) in [4.78, 5) is 7.01. The minimum atomic E-state index is 0.1000. The number of rotatable bonds is 3. The van der Waals surface area contributed by atoms with E-state index in [0.29, 0.717) is 11.9 Å². The maximum Gasteiger partial charge on any atom is 0.132 e. The predicted molar refractivity (Wildman–Crippen MR) is 111 cm³/mol. The number of nitrogens with two attached hydrogens (primary N) is 1. The second-order valence-electron chi connectivity index (χ2n) is 9.61. The lowest BCUT2D eigenvalue weighted by atomic mass is 9.83. The van der Waals surface area contributed by atoms with Gasteiger partial charge in [0.05, 0.1) is 12.6 Å². The number of nitrogen functional groups attached to an aromatic ring is 1. The van der Waals surface area contributed by atoms with Gasteiger partial charge in [-0.25, -0.2) is 4.98 Å². The number of fused-ring (bicyclic) bond motifs is 1. The monoisotopic (exact) mass is 371 g/mol. The van der Waals surface area contributed by atoms with E-state index in [1.807, 2.05) is 24.3 Å². The molecule has 1 aliphatic heterocycles. The van der Waals surface area contributed by atoms with Crippen molar-refractivity contribution in [1.29, 1.82) is 0 Å². The van der Waals surface area contributed by atoms with Crippen molar-refractivity contribution in [2.45, 2.75) is 65.6 Å². The summed E-state index contributed by atoms with van der Waals surface area (Å²) < 4.78 is 11.8. The van der Waals surface area contributed by atoms with E-state index in [2.05, 4.69) is 51.4 Å². The lowest BCUT2D eigenvalue weighted by Gasteiger charge is -2.42. The van der Waals surface area contributed by atoms with Crippen LogP contribution in [0.15, 0.2) is 24.3 Å². The summed E-state index contributed by atoms with van der Waals surface area (Å²) in [7, 11) is 1.65. The number of anilines is 1. The number of nitrogens with zero attached hydrogens (tertiary/aromatic N) is 2. The molecule has 2 atom stereocenters. The van der Waals surface area contributed by atoms with Crippen molar-refractivity contribution in [3.8, 4) is 11.5 Å². The molecule has 0 saturated carbocycles. The first-order valence-corrected chi connectivity index (χ1v) is 9.66. The number of hydrogen-bond acceptors (Lipinski definition) is 5. The van der Waals surface area contributed by atoms with Crippen molar-refractivity contribution >= 4 is 16.7 Å². The van der Waals surface area contributed by atoms with Gasteiger partial charge in [-0.05, 0) is 38.3 Å². The highest BCUT2D eigenvalue weighted by Gasteiger charge is 2.44. The number of aromatic nitrogens is 1. The van der Waals surface area contributed by atoms with E-state index in [1.54, 1.807) is 7.11 Å². The van der Waals surface area contributed by atoms with Crippen LogP contribution in [0, 0.1) is 5.41 Å². The van der Waals surface area contributed by atoms with Gasteiger partial charge in [-0.2, -0.15) is 0 Å². The Morgan fingerprint density at radius 1 is 1.11 bits per heavy atom. The fourth-order valence-corrected chi connectivity index (χ4v) is 4.05. The van der Waals surface area contributed by atoms with Gasteiger partial charge >= 0.3 is 0 Å². The molecule has 0 spiro atoms. The van der Waals surface area contributed by atoms with Crippen molar-refractivity contribution < 1.29 is 9.47 Å². The molecule has 2 aromatic rings. The first-order chi connectivity index (χ1) is 12.5. The molecule has 5 heteroatoms. The molecule has 1 saturated heterocycles. The molecule has 3 rings (SSSR count). The van der Waals surface area contributed by atoms with Crippen molar-refractivity contribution in [3.63, 3.8) is 0 Å². The van der Waals surface area contributed by atoms with Gasteiger partial charge in [0.25, 0.3) is 0 Å². The van der Waals surface area contributed by atoms with E-state index < -0.39 is 0 Å². The van der Waals surface area contributed by atoms with Gasteiger partial charge in [-0.3, -0.25) is 4.90 Å². The first kappa shape index (κ1) is 19.7.